The molecule has 2 rings (SSSR count). The molecule has 1 saturated carbocycles. The molecule has 19 heavy (non-hydrogen) atoms. The predicted octanol–water partition coefficient (Wildman–Crippen LogP) is 5.68. The summed E-state index contributed by atoms with van der Waals surface area (Å²) in [5.41, 5.74) is 6.00. The smallest absolute Gasteiger partial charge is 0.0214 e. The van der Waals surface area contributed by atoms with E-state index in [2.05, 4.69) is 57.4 Å². The van der Waals surface area contributed by atoms with Gasteiger partial charge in [0.2, 0.25) is 0 Å². The molecule has 0 saturated heterocycles. The van der Waals surface area contributed by atoms with Crippen molar-refractivity contribution in [3.8, 4) is 0 Å². The van der Waals surface area contributed by atoms with Gasteiger partial charge in [-0.1, -0.05) is 49.6 Å². The molecule has 100 valence electrons. The molecular weight excluding hydrogens is 228 g/mol. The molecule has 2 aliphatic rings. The molecule has 2 aliphatic carbocycles. The van der Waals surface area contributed by atoms with Gasteiger partial charge in [-0.25, -0.2) is 0 Å². The van der Waals surface area contributed by atoms with Crippen molar-refractivity contribution >= 4 is 0 Å². The zero-order valence-electron chi connectivity index (χ0n) is 12.2. The fourth-order valence-corrected chi connectivity index (χ4v) is 3.69. The first-order valence-electron chi connectivity index (χ1n) is 7.21. The number of rotatable bonds is 3. The van der Waals surface area contributed by atoms with Crippen molar-refractivity contribution in [2.45, 2.75) is 39.5 Å². The van der Waals surface area contributed by atoms with Crippen LogP contribution in [0.5, 0.6) is 0 Å². The molecule has 1 spiro atoms. The first-order valence-corrected chi connectivity index (χ1v) is 7.21. The first kappa shape index (κ1) is 13.9. The minimum atomic E-state index is 0.201. The maximum atomic E-state index is 4.06. The number of hydrogen-bond acceptors (Lipinski definition) is 0. The molecule has 0 N–H and O–H groups in total. The molecule has 0 aromatic carbocycles. The Labute approximate surface area is 117 Å². The minimum absolute atomic E-state index is 0.201. The van der Waals surface area contributed by atoms with E-state index in [0.717, 1.165) is 6.42 Å². The number of allylic oxidation sites excluding steroid dienone is 10. The summed E-state index contributed by atoms with van der Waals surface area (Å²) >= 11 is 0. The van der Waals surface area contributed by atoms with Crippen LogP contribution < -0.4 is 0 Å². The quantitative estimate of drug-likeness (QED) is 0.606. The Hall–Kier alpha value is -1.56. The van der Waals surface area contributed by atoms with Crippen LogP contribution in [0, 0.1) is 5.41 Å². The second-order valence-electron chi connectivity index (χ2n) is 5.35. The van der Waals surface area contributed by atoms with Gasteiger partial charge in [-0.05, 0) is 61.8 Å². The molecule has 1 fully saturated rings. The molecular formula is C19H24. The summed E-state index contributed by atoms with van der Waals surface area (Å²) < 4.78 is 0. The van der Waals surface area contributed by atoms with Gasteiger partial charge in [0.25, 0.3) is 0 Å². The third-order valence-electron chi connectivity index (χ3n) is 4.62. The summed E-state index contributed by atoms with van der Waals surface area (Å²) in [5.74, 6) is 0. The van der Waals surface area contributed by atoms with E-state index in [-0.39, 0.29) is 5.41 Å². The Morgan fingerprint density at radius 3 is 2.37 bits per heavy atom. The molecule has 0 bridgehead atoms. The molecule has 0 aromatic heterocycles. The van der Waals surface area contributed by atoms with E-state index in [1.165, 1.54) is 41.6 Å². The van der Waals surface area contributed by atoms with Crippen LogP contribution in [0.2, 0.25) is 0 Å². The van der Waals surface area contributed by atoms with Gasteiger partial charge in [0.15, 0.2) is 0 Å². The van der Waals surface area contributed by atoms with E-state index in [1.807, 2.05) is 6.08 Å². The second kappa shape index (κ2) is 5.61. The van der Waals surface area contributed by atoms with Crippen molar-refractivity contribution < 1.29 is 0 Å². The van der Waals surface area contributed by atoms with Gasteiger partial charge in [-0.3, -0.25) is 0 Å². The Morgan fingerprint density at radius 2 is 1.79 bits per heavy atom. The average Bonchev–Trinajstić information content (AvgIpc) is 2.98. The van der Waals surface area contributed by atoms with Gasteiger partial charge >= 0.3 is 0 Å². The SMILES string of the molecule is C=CC1=C(C=C)C2(CC1)CCC(=C/C)/C2=C\C=C/C. The van der Waals surface area contributed by atoms with Gasteiger partial charge in [0, 0.05) is 5.41 Å². The third kappa shape index (κ3) is 2.10. The predicted molar refractivity (Wildman–Crippen MR) is 85.0 cm³/mol. The largest absolute Gasteiger partial charge is 0.0988 e. The van der Waals surface area contributed by atoms with Crippen LogP contribution in [0.1, 0.15) is 39.5 Å². The van der Waals surface area contributed by atoms with Crippen LogP contribution in [0.3, 0.4) is 0 Å². The van der Waals surface area contributed by atoms with Gasteiger partial charge in [0.1, 0.15) is 0 Å². The zero-order valence-corrected chi connectivity index (χ0v) is 12.2. The van der Waals surface area contributed by atoms with Crippen molar-refractivity contribution in [3.63, 3.8) is 0 Å². The van der Waals surface area contributed by atoms with Crippen LogP contribution in [0.15, 0.2) is 71.9 Å². The van der Waals surface area contributed by atoms with Gasteiger partial charge < -0.3 is 0 Å². The molecule has 0 aliphatic heterocycles. The third-order valence-corrected chi connectivity index (χ3v) is 4.62. The van der Waals surface area contributed by atoms with Crippen LogP contribution in [-0.4, -0.2) is 0 Å². The highest BCUT2D eigenvalue weighted by Crippen LogP contribution is 2.59. The van der Waals surface area contributed by atoms with E-state index in [9.17, 15) is 0 Å². The molecule has 1 unspecified atom stereocenters. The molecule has 0 radical (unpaired) electrons. The molecule has 0 aromatic rings. The Kier molecular flexibility index (Phi) is 4.09. The standard InChI is InChI=1S/C19H24/c1-5-9-10-18-16(7-3)12-14-19(18)13-11-15(6-2)17(19)8-4/h5-10H,2,4,11-14H2,1,3H3/b9-5-,16-7-,18-10+. The van der Waals surface area contributed by atoms with E-state index in [4.69, 9.17) is 0 Å². The molecule has 0 heteroatoms. The second-order valence-corrected chi connectivity index (χ2v) is 5.35. The fraction of sp³-hybridized carbons (Fsp3) is 0.368. The lowest BCUT2D eigenvalue weighted by Crippen LogP contribution is -2.17. The van der Waals surface area contributed by atoms with Crippen molar-refractivity contribution in [2.75, 3.05) is 0 Å². The molecule has 0 amide bonds. The van der Waals surface area contributed by atoms with Crippen LogP contribution in [0.4, 0.5) is 0 Å². The summed E-state index contributed by atoms with van der Waals surface area (Å²) in [6, 6.07) is 0. The molecule has 0 nitrogen and oxygen atoms in total. The Morgan fingerprint density at radius 1 is 1.05 bits per heavy atom. The summed E-state index contributed by atoms with van der Waals surface area (Å²) in [4.78, 5) is 0. The van der Waals surface area contributed by atoms with Crippen molar-refractivity contribution in [1.82, 2.24) is 0 Å². The van der Waals surface area contributed by atoms with E-state index < -0.39 is 0 Å². The van der Waals surface area contributed by atoms with E-state index in [1.54, 1.807) is 0 Å². The Balaban J connectivity index is 2.57. The van der Waals surface area contributed by atoms with Crippen molar-refractivity contribution in [2.24, 2.45) is 5.41 Å². The van der Waals surface area contributed by atoms with Crippen LogP contribution >= 0.6 is 0 Å². The van der Waals surface area contributed by atoms with Crippen LogP contribution in [-0.2, 0) is 0 Å². The Bertz CT molecular complexity index is 508. The molecule has 1 atom stereocenters. The van der Waals surface area contributed by atoms with Crippen molar-refractivity contribution in [3.05, 3.63) is 71.9 Å². The first-order chi connectivity index (χ1) is 9.23. The fourth-order valence-electron chi connectivity index (χ4n) is 3.69. The molecule has 0 heterocycles. The van der Waals surface area contributed by atoms with Gasteiger partial charge in [0.05, 0.1) is 0 Å². The van der Waals surface area contributed by atoms with E-state index in [0.29, 0.717) is 0 Å². The summed E-state index contributed by atoms with van der Waals surface area (Å²) in [5, 5.41) is 0. The lowest BCUT2D eigenvalue weighted by Gasteiger charge is -2.28. The van der Waals surface area contributed by atoms with Crippen molar-refractivity contribution in [1.29, 1.82) is 0 Å². The van der Waals surface area contributed by atoms with Crippen LogP contribution in [0.25, 0.3) is 0 Å². The number of hydrogen-bond donors (Lipinski definition) is 0. The lowest BCUT2D eigenvalue weighted by molar-refractivity contribution is 0.446. The topological polar surface area (TPSA) is 0 Å². The maximum Gasteiger partial charge on any atom is 0.0214 e. The highest BCUT2D eigenvalue weighted by molar-refractivity contribution is 5.56. The zero-order chi connectivity index (χ0) is 13.9. The average molecular weight is 252 g/mol. The van der Waals surface area contributed by atoms with Gasteiger partial charge in [-0.15, -0.1) is 0 Å². The summed E-state index contributed by atoms with van der Waals surface area (Å²) in [6.45, 7) is 12.2. The monoisotopic (exact) mass is 252 g/mol. The summed E-state index contributed by atoms with van der Waals surface area (Å²) in [6.07, 6.45) is 17.7. The maximum absolute atomic E-state index is 4.06. The van der Waals surface area contributed by atoms with E-state index >= 15 is 0 Å². The normalized spacial score (nSPS) is 31.3. The van der Waals surface area contributed by atoms with Gasteiger partial charge in [-0.2, -0.15) is 0 Å². The summed E-state index contributed by atoms with van der Waals surface area (Å²) in [7, 11) is 0. The highest BCUT2D eigenvalue weighted by atomic mass is 14.5. The highest BCUT2D eigenvalue weighted by Gasteiger charge is 2.45. The lowest BCUT2D eigenvalue weighted by atomic mass is 9.75. The minimum Gasteiger partial charge on any atom is -0.0988 e.